The molecule has 4 nitrogen and oxygen atoms in total. The molecule has 2 N–H and O–H groups in total. The van der Waals surface area contributed by atoms with E-state index >= 15 is 0 Å². The van der Waals surface area contributed by atoms with Crippen LogP contribution in [0.4, 0.5) is 5.69 Å². The fraction of sp³-hybridized carbons (Fsp3) is 0.500. The van der Waals surface area contributed by atoms with Gasteiger partial charge in [0.05, 0.1) is 17.4 Å². The molecule has 1 aromatic heterocycles. The Morgan fingerprint density at radius 1 is 1.44 bits per heavy atom. The largest absolute Gasteiger partial charge is 0.380 e. The number of nitrogens with one attached hydrogen (secondary N) is 2. The van der Waals surface area contributed by atoms with E-state index < -0.39 is 0 Å². The summed E-state index contributed by atoms with van der Waals surface area (Å²) in [6.07, 6.45) is 4.27. The lowest BCUT2D eigenvalue weighted by molar-refractivity contribution is 0.190. The van der Waals surface area contributed by atoms with Crippen molar-refractivity contribution in [1.29, 1.82) is 0 Å². The van der Waals surface area contributed by atoms with Gasteiger partial charge in [0, 0.05) is 24.0 Å². The lowest BCUT2D eigenvalue weighted by atomic mass is 9.98. The molecular weight excluding hydrogens is 224 g/mol. The molecule has 1 aromatic carbocycles. The first-order valence-electron chi connectivity index (χ1n) is 6.63. The molecule has 0 aliphatic carbocycles. The molecular formula is C14H20N4. The first kappa shape index (κ1) is 11.5. The SMILES string of the molecule is CC1CC(Nc2cccc3cn[nH]c23)CCN1C. The Kier molecular flexibility index (Phi) is 2.96. The molecule has 0 amide bonds. The summed E-state index contributed by atoms with van der Waals surface area (Å²) < 4.78 is 0. The predicted octanol–water partition coefficient (Wildman–Crippen LogP) is 2.46. The van der Waals surface area contributed by atoms with Gasteiger partial charge in [-0.1, -0.05) is 12.1 Å². The van der Waals surface area contributed by atoms with Crippen molar-refractivity contribution in [2.75, 3.05) is 18.9 Å². The summed E-state index contributed by atoms with van der Waals surface area (Å²) in [7, 11) is 2.20. The van der Waals surface area contributed by atoms with E-state index in [1.807, 2.05) is 6.20 Å². The standard InChI is InChI=1S/C14H20N4/c1-10-8-12(6-7-18(10)2)16-13-5-3-4-11-9-15-17-14(11)13/h3-5,9-10,12,16H,6-8H2,1-2H3,(H,15,17). The monoisotopic (exact) mass is 244 g/mol. The molecule has 4 heteroatoms. The fourth-order valence-electron chi connectivity index (χ4n) is 2.73. The van der Waals surface area contributed by atoms with Crippen LogP contribution < -0.4 is 5.32 Å². The van der Waals surface area contributed by atoms with E-state index in [4.69, 9.17) is 0 Å². The molecule has 2 aromatic rings. The van der Waals surface area contributed by atoms with Crippen LogP contribution in [0.15, 0.2) is 24.4 Å². The van der Waals surface area contributed by atoms with Crippen LogP contribution in [-0.4, -0.2) is 40.8 Å². The first-order valence-corrected chi connectivity index (χ1v) is 6.63. The van der Waals surface area contributed by atoms with Crippen LogP contribution in [0.2, 0.25) is 0 Å². The number of benzene rings is 1. The number of hydrogen-bond acceptors (Lipinski definition) is 3. The van der Waals surface area contributed by atoms with Crippen LogP contribution in [0, 0.1) is 0 Å². The maximum atomic E-state index is 4.11. The Bertz CT molecular complexity index is 533. The highest BCUT2D eigenvalue weighted by molar-refractivity contribution is 5.89. The molecule has 0 spiro atoms. The van der Waals surface area contributed by atoms with Crippen molar-refractivity contribution in [3.05, 3.63) is 24.4 Å². The van der Waals surface area contributed by atoms with Gasteiger partial charge in [0.1, 0.15) is 0 Å². The van der Waals surface area contributed by atoms with E-state index in [2.05, 4.69) is 52.6 Å². The number of fused-ring (bicyclic) bond motifs is 1. The summed E-state index contributed by atoms with van der Waals surface area (Å²) in [4.78, 5) is 2.43. The number of likely N-dealkylation sites (tertiary alicyclic amines) is 1. The molecule has 0 radical (unpaired) electrons. The van der Waals surface area contributed by atoms with Crippen molar-refractivity contribution in [1.82, 2.24) is 15.1 Å². The maximum Gasteiger partial charge on any atom is 0.0881 e. The smallest absolute Gasteiger partial charge is 0.0881 e. The van der Waals surface area contributed by atoms with Gasteiger partial charge in [-0.3, -0.25) is 5.10 Å². The van der Waals surface area contributed by atoms with Gasteiger partial charge in [-0.15, -0.1) is 0 Å². The second-order valence-electron chi connectivity index (χ2n) is 5.34. The second kappa shape index (κ2) is 4.61. The number of H-pyrrole nitrogens is 1. The number of rotatable bonds is 2. The van der Waals surface area contributed by atoms with Crippen LogP contribution in [0.5, 0.6) is 0 Å². The molecule has 1 aliphatic rings. The maximum absolute atomic E-state index is 4.11. The van der Waals surface area contributed by atoms with Gasteiger partial charge in [0.15, 0.2) is 0 Å². The van der Waals surface area contributed by atoms with Crippen molar-refractivity contribution < 1.29 is 0 Å². The molecule has 96 valence electrons. The number of piperidine rings is 1. The number of para-hydroxylation sites is 1. The van der Waals surface area contributed by atoms with Gasteiger partial charge in [-0.2, -0.15) is 5.10 Å². The van der Waals surface area contributed by atoms with Gasteiger partial charge in [0.2, 0.25) is 0 Å². The summed E-state index contributed by atoms with van der Waals surface area (Å²) in [5.74, 6) is 0. The first-order chi connectivity index (χ1) is 8.74. The molecule has 2 heterocycles. The van der Waals surface area contributed by atoms with Crippen molar-refractivity contribution >= 4 is 16.6 Å². The Labute approximate surface area is 107 Å². The van der Waals surface area contributed by atoms with Crippen molar-refractivity contribution in [3.63, 3.8) is 0 Å². The third-order valence-electron chi connectivity index (χ3n) is 4.04. The zero-order valence-electron chi connectivity index (χ0n) is 11.0. The molecule has 0 saturated carbocycles. The van der Waals surface area contributed by atoms with E-state index in [9.17, 15) is 0 Å². The molecule has 1 fully saturated rings. The highest BCUT2D eigenvalue weighted by Crippen LogP contribution is 2.24. The minimum absolute atomic E-state index is 0.560. The van der Waals surface area contributed by atoms with Crippen molar-refractivity contribution in [3.8, 4) is 0 Å². The zero-order chi connectivity index (χ0) is 12.5. The van der Waals surface area contributed by atoms with E-state index in [1.165, 1.54) is 23.9 Å². The third-order valence-corrected chi connectivity index (χ3v) is 4.04. The van der Waals surface area contributed by atoms with Gasteiger partial charge in [-0.25, -0.2) is 0 Å². The van der Waals surface area contributed by atoms with E-state index in [0.717, 1.165) is 12.1 Å². The highest BCUT2D eigenvalue weighted by atomic mass is 15.2. The van der Waals surface area contributed by atoms with Crippen molar-refractivity contribution in [2.45, 2.75) is 31.8 Å². The van der Waals surface area contributed by atoms with Crippen LogP contribution in [0.25, 0.3) is 10.9 Å². The van der Waals surface area contributed by atoms with Crippen molar-refractivity contribution in [2.24, 2.45) is 0 Å². The number of hydrogen-bond donors (Lipinski definition) is 2. The summed E-state index contributed by atoms with van der Waals surface area (Å²) in [6, 6.07) is 7.51. The quantitative estimate of drug-likeness (QED) is 0.853. The number of nitrogens with zero attached hydrogens (tertiary/aromatic N) is 2. The molecule has 2 atom stereocenters. The zero-order valence-corrected chi connectivity index (χ0v) is 11.0. The number of aromatic amines is 1. The van der Waals surface area contributed by atoms with Crippen LogP contribution in [-0.2, 0) is 0 Å². The summed E-state index contributed by atoms with van der Waals surface area (Å²) >= 11 is 0. The summed E-state index contributed by atoms with van der Waals surface area (Å²) in [6.45, 7) is 3.46. The van der Waals surface area contributed by atoms with Gasteiger partial charge >= 0.3 is 0 Å². The Hall–Kier alpha value is -1.55. The third kappa shape index (κ3) is 2.08. The fourth-order valence-corrected chi connectivity index (χ4v) is 2.73. The molecule has 3 rings (SSSR count). The number of aromatic nitrogens is 2. The van der Waals surface area contributed by atoms with E-state index in [-0.39, 0.29) is 0 Å². The Balaban J connectivity index is 1.78. The normalized spacial score (nSPS) is 25.4. The predicted molar refractivity (Wildman–Crippen MR) is 74.8 cm³/mol. The molecule has 2 unspecified atom stereocenters. The minimum atomic E-state index is 0.560. The Morgan fingerprint density at radius 2 is 2.33 bits per heavy atom. The van der Waals surface area contributed by atoms with E-state index in [1.54, 1.807) is 0 Å². The van der Waals surface area contributed by atoms with Crippen LogP contribution >= 0.6 is 0 Å². The molecule has 18 heavy (non-hydrogen) atoms. The molecule has 1 saturated heterocycles. The van der Waals surface area contributed by atoms with Gasteiger partial charge in [0.25, 0.3) is 0 Å². The summed E-state index contributed by atoms with van der Waals surface area (Å²) in [5, 5.41) is 12.0. The van der Waals surface area contributed by atoms with Gasteiger partial charge < -0.3 is 10.2 Å². The summed E-state index contributed by atoms with van der Waals surface area (Å²) in [5.41, 5.74) is 2.29. The van der Waals surface area contributed by atoms with E-state index in [0.29, 0.717) is 12.1 Å². The lowest BCUT2D eigenvalue weighted by Gasteiger charge is -2.35. The van der Waals surface area contributed by atoms with Crippen LogP contribution in [0.3, 0.4) is 0 Å². The average Bonchev–Trinajstić information content (AvgIpc) is 2.83. The Morgan fingerprint density at radius 3 is 3.17 bits per heavy atom. The molecule has 0 bridgehead atoms. The molecule has 1 aliphatic heterocycles. The second-order valence-corrected chi connectivity index (χ2v) is 5.34. The average molecular weight is 244 g/mol. The lowest BCUT2D eigenvalue weighted by Crippen LogP contribution is -2.42. The van der Waals surface area contributed by atoms with Gasteiger partial charge in [-0.05, 0) is 32.9 Å². The number of anilines is 1. The topological polar surface area (TPSA) is 44.0 Å². The van der Waals surface area contributed by atoms with Crippen LogP contribution in [0.1, 0.15) is 19.8 Å². The highest BCUT2D eigenvalue weighted by Gasteiger charge is 2.22. The minimum Gasteiger partial charge on any atom is -0.380 e.